The van der Waals surface area contributed by atoms with Crippen LogP contribution in [-0.4, -0.2) is 50.6 Å². The molecule has 8 heteroatoms. The SMILES string of the molecule is CSc1nccn1-c1ccc(C(=O)N2CCC(C(=O)Nc3ccccn3)CC2)cc1. The molecule has 154 valence electrons. The first kappa shape index (κ1) is 20.2. The van der Waals surface area contributed by atoms with Crippen molar-refractivity contribution < 1.29 is 9.59 Å². The number of likely N-dealkylation sites (tertiary alicyclic amines) is 1. The molecule has 3 aromatic rings. The van der Waals surface area contributed by atoms with Crippen LogP contribution < -0.4 is 5.32 Å². The molecular formula is C22H23N5O2S. The average Bonchev–Trinajstić information content (AvgIpc) is 3.28. The predicted octanol–water partition coefficient (Wildman–Crippen LogP) is 3.48. The van der Waals surface area contributed by atoms with Gasteiger partial charge in [0.15, 0.2) is 5.16 Å². The average molecular weight is 422 g/mol. The van der Waals surface area contributed by atoms with Gasteiger partial charge in [0.05, 0.1) is 0 Å². The molecule has 1 aromatic carbocycles. The van der Waals surface area contributed by atoms with Crippen LogP contribution >= 0.6 is 11.8 Å². The van der Waals surface area contributed by atoms with E-state index in [0.717, 1.165) is 10.8 Å². The Kier molecular flexibility index (Phi) is 6.13. The van der Waals surface area contributed by atoms with Crippen molar-refractivity contribution in [1.82, 2.24) is 19.4 Å². The largest absolute Gasteiger partial charge is 0.339 e. The summed E-state index contributed by atoms with van der Waals surface area (Å²) in [6.45, 7) is 1.14. The Hall–Kier alpha value is -3.13. The van der Waals surface area contributed by atoms with Crippen molar-refractivity contribution in [2.75, 3.05) is 24.7 Å². The van der Waals surface area contributed by atoms with Gasteiger partial charge in [-0.3, -0.25) is 14.2 Å². The Morgan fingerprint density at radius 2 is 1.80 bits per heavy atom. The molecule has 1 saturated heterocycles. The fourth-order valence-electron chi connectivity index (χ4n) is 3.59. The van der Waals surface area contributed by atoms with Gasteiger partial charge in [-0.05, 0) is 55.5 Å². The minimum absolute atomic E-state index is 0.000792. The van der Waals surface area contributed by atoms with E-state index in [-0.39, 0.29) is 17.7 Å². The maximum Gasteiger partial charge on any atom is 0.253 e. The lowest BCUT2D eigenvalue weighted by atomic mass is 9.95. The molecule has 30 heavy (non-hydrogen) atoms. The standard InChI is InChI=1S/C22H23N5O2S/c1-30-22-24-12-15-27(22)18-7-5-17(6-8-18)21(29)26-13-9-16(10-14-26)20(28)25-19-4-2-3-11-23-19/h2-8,11-12,15-16H,9-10,13-14H2,1H3,(H,23,25,28). The number of aromatic nitrogens is 3. The molecule has 0 aliphatic carbocycles. The zero-order chi connectivity index (χ0) is 20.9. The van der Waals surface area contributed by atoms with Crippen LogP contribution in [0.15, 0.2) is 66.2 Å². The third-order valence-corrected chi connectivity index (χ3v) is 5.92. The molecule has 4 rings (SSSR count). The van der Waals surface area contributed by atoms with E-state index < -0.39 is 0 Å². The molecule has 1 fully saturated rings. The lowest BCUT2D eigenvalue weighted by Gasteiger charge is -2.31. The van der Waals surface area contributed by atoms with Crippen LogP contribution in [0.3, 0.4) is 0 Å². The molecule has 0 bridgehead atoms. The Bertz CT molecular complexity index is 1010. The number of carbonyl (C=O) groups is 2. The molecule has 1 aliphatic rings. The van der Waals surface area contributed by atoms with Crippen molar-refractivity contribution in [2.24, 2.45) is 5.92 Å². The van der Waals surface area contributed by atoms with E-state index >= 15 is 0 Å². The second-order valence-electron chi connectivity index (χ2n) is 7.10. The van der Waals surface area contributed by atoms with Crippen LogP contribution in [0.4, 0.5) is 5.82 Å². The fraction of sp³-hybridized carbons (Fsp3) is 0.273. The van der Waals surface area contributed by atoms with Gasteiger partial charge < -0.3 is 10.2 Å². The Labute approximate surface area is 179 Å². The van der Waals surface area contributed by atoms with Crippen molar-refractivity contribution in [3.05, 3.63) is 66.6 Å². The van der Waals surface area contributed by atoms with Crippen molar-refractivity contribution in [2.45, 2.75) is 18.0 Å². The third kappa shape index (κ3) is 4.38. The molecule has 2 amide bonds. The minimum Gasteiger partial charge on any atom is -0.339 e. The van der Waals surface area contributed by atoms with Gasteiger partial charge in [-0.2, -0.15) is 0 Å². The van der Waals surface area contributed by atoms with Crippen molar-refractivity contribution in [3.8, 4) is 5.69 Å². The van der Waals surface area contributed by atoms with E-state index in [4.69, 9.17) is 0 Å². The number of piperidine rings is 1. The lowest BCUT2D eigenvalue weighted by Crippen LogP contribution is -2.41. The zero-order valence-electron chi connectivity index (χ0n) is 16.7. The van der Waals surface area contributed by atoms with Crippen molar-refractivity contribution >= 4 is 29.4 Å². The van der Waals surface area contributed by atoms with Crippen LogP contribution in [0.5, 0.6) is 0 Å². The molecule has 7 nitrogen and oxygen atoms in total. The first-order chi connectivity index (χ1) is 14.7. The molecule has 0 saturated carbocycles. The minimum atomic E-state index is -0.107. The fourth-order valence-corrected chi connectivity index (χ4v) is 4.12. The number of carbonyl (C=O) groups excluding carboxylic acids is 2. The van der Waals surface area contributed by atoms with Crippen LogP contribution in [0, 0.1) is 5.92 Å². The van der Waals surface area contributed by atoms with E-state index in [1.807, 2.05) is 58.3 Å². The highest BCUT2D eigenvalue weighted by Crippen LogP contribution is 2.22. The highest BCUT2D eigenvalue weighted by molar-refractivity contribution is 7.98. The summed E-state index contributed by atoms with van der Waals surface area (Å²) in [6, 6.07) is 13.0. The highest BCUT2D eigenvalue weighted by Gasteiger charge is 2.28. The summed E-state index contributed by atoms with van der Waals surface area (Å²) in [4.78, 5) is 35.6. The molecule has 0 atom stereocenters. The van der Waals surface area contributed by atoms with Gasteiger partial charge in [0.25, 0.3) is 5.91 Å². The van der Waals surface area contributed by atoms with E-state index in [1.54, 1.807) is 30.2 Å². The molecule has 0 spiro atoms. The first-order valence-electron chi connectivity index (χ1n) is 9.84. The van der Waals surface area contributed by atoms with Crippen molar-refractivity contribution in [3.63, 3.8) is 0 Å². The quantitative estimate of drug-likeness (QED) is 0.638. The Balaban J connectivity index is 1.34. The van der Waals surface area contributed by atoms with Gasteiger partial charge in [-0.25, -0.2) is 9.97 Å². The third-order valence-electron chi connectivity index (χ3n) is 5.25. The van der Waals surface area contributed by atoms with E-state index in [9.17, 15) is 9.59 Å². The van der Waals surface area contributed by atoms with E-state index in [2.05, 4.69) is 15.3 Å². The summed E-state index contributed by atoms with van der Waals surface area (Å²) in [6.07, 6.45) is 8.60. The molecular weight excluding hydrogens is 398 g/mol. The van der Waals surface area contributed by atoms with Crippen LogP contribution in [0.25, 0.3) is 5.69 Å². The number of rotatable bonds is 5. The van der Waals surface area contributed by atoms with Crippen LogP contribution in [0.2, 0.25) is 0 Å². The number of anilines is 1. The smallest absolute Gasteiger partial charge is 0.253 e. The summed E-state index contributed by atoms with van der Waals surface area (Å²) >= 11 is 1.57. The summed E-state index contributed by atoms with van der Waals surface area (Å²) in [7, 11) is 0. The maximum absolute atomic E-state index is 12.9. The number of thioether (sulfide) groups is 1. The topological polar surface area (TPSA) is 80.1 Å². The molecule has 3 heterocycles. The van der Waals surface area contributed by atoms with Gasteiger partial charge >= 0.3 is 0 Å². The highest BCUT2D eigenvalue weighted by atomic mass is 32.2. The first-order valence-corrected chi connectivity index (χ1v) is 11.1. The van der Waals surface area contributed by atoms with Gasteiger partial charge in [0.2, 0.25) is 5.91 Å². The number of nitrogens with one attached hydrogen (secondary N) is 1. The number of amides is 2. The number of benzene rings is 1. The number of hydrogen-bond donors (Lipinski definition) is 1. The zero-order valence-corrected chi connectivity index (χ0v) is 17.5. The second-order valence-corrected chi connectivity index (χ2v) is 7.87. The summed E-state index contributed by atoms with van der Waals surface area (Å²) < 4.78 is 1.99. The number of pyridine rings is 1. The normalized spacial score (nSPS) is 14.5. The molecule has 2 aromatic heterocycles. The Morgan fingerprint density at radius 1 is 1.03 bits per heavy atom. The number of imidazole rings is 1. The van der Waals surface area contributed by atoms with E-state index in [1.165, 1.54) is 0 Å². The second kappa shape index (κ2) is 9.13. The number of nitrogens with zero attached hydrogens (tertiary/aromatic N) is 4. The predicted molar refractivity (Wildman–Crippen MR) is 117 cm³/mol. The number of hydrogen-bond acceptors (Lipinski definition) is 5. The maximum atomic E-state index is 12.9. The molecule has 1 aliphatic heterocycles. The lowest BCUT2D eigenvalue weighted by molar-refractivity contribution is -0.121. The summed E-state index contributed by atoms with van der Waals surface area (Å²) in [5, 5.41) is 3.76. The molecule has 1 N–H and O–H groups in total. The monoisotopic (exact) mass is 421 g/mol. The van der Waals surface area contributed by atoms with Crippen LogP contribution in [0.1, 0.15) is 23.2 Å². The van der Waals surface area contributed by atoms with E-state index in [0.29, 0.717) is 37.3 Å². The summed E-state index contributed by atoms with van der Waals surface area (Å²) in [5.41, 5.74) is 1.62. The van der Waals surface area contributed by atoms with Gasteiger partial charge in [-0.15, -0.1) is 0 Å². The van der Waals surface area contributed by atoms with Crippen LogP contribution in [-0.2, 0) is 4.79 Å². The molecule has 0 radical (unpaired) electrons. The van der Waals surface area contributed by atoms with Gasteiger partial charge in [0, 0.05) is 48.8 Å². The molecule has 0 unspecified atom stereocenters. The summed E-state index contributed by atoms with van der Waals surface area (Å²) in [5.74, 6) is 0.421. The van der Waals surface area contributed by atoms with Gasteiger partial charge in [0.1, 0.15) is 5.82 Å². The Morgan fingerprint density at radius 3 is 2.47 bits per heavy atom. The van der Waals surface area contributed by atoms with Crippen molar-refractivity contribution in [1.29, 1.82) is 0 Å². The van der Waals surface area contributed by atoms with Gasteiger partial charge in [-0.1, -0.05) is 17.8 Å².